The number of anilines is 1. The fourth-order valence-electron chi connectivity index (χ4n) is 6.57. The molecule has 2 aliphatic carbocycles. The minimum absolute atomic E-state index is 0.0476. The predicted molar refractivity (Wildman–Crippen MR) is 141 cm³/mol. The Hall–Kier alpha value is -2.33. The molecule has 3 heterocycles. The molecule has 0 unspecified atom stereocenters. The smallest absolute Gasteiger partial charge is 0.251 e. The molecule has 0 bridgehead atoms. The third-order valence-corrected chi connectivity index (χ3v) is 8.81. The lowest BCUT2D eigenvalue weighted by Gasteiger charge is -2.36. The summed E-state index contributed by atoms with van der Waals surface area (Å²) < 4.78 is 34.4. The van der Waals surface area contributed by atoms with Gasteiger partial charge in [0.05, 0.1) is 24.4 Å². The molecule has 1 atom stereocenters. The van der Waals surface area contributed by atoms with E-state index in [4.69, 9.17) is 9.84 Å². The maximum Gasteiger partial charge on any atom is 0.251 e. The van der Waals surface area contributed by atoms with E-state index in [-0.39, 0.29) is 49.9 Å². The molecule has 3 fully saturated rings. The van der Waals surface area contributed by atoms with Crippen LogP contribution in [0.3, 0.4) is 0 Å². The molecule has 0 radical (unpaired) electrons. The molecule has 1 amide bonds. The molecule has 2 aromatic rings. The van der Waals surface area contributed by atoms with E-state index >= 15 is 0 Å². The van der Waals surface area contributed by atoms with Crippen LogP contribution in [0.2, 0.25) is 0 Å². The second-order valence-corrected chi connectivity index (χ2v) is 11.6. The van der Waals surface area contributed by atoms with Gasteiger partial charge in [-0.25, -0.2) is 18.3 Å². The first-order chi connectivity index (χ1) is 18.2. The van der Waals surface area contributed by atoms with Crippen molar-refractivity contribution >= 4 is 17.4 Å². The van der Waals surface area contributed by atoms with E-state index in [2.05, 4.69) is 16.4 Å². The van der Waals surface area contributed by atoms with Gasteiger partial charge in [-0.15, -0.1) is 5.10 Å². The number of fused-ring (bicyclic) bond motifs is 1. The molecule has 2 aromatic heterocycles. The molecule has 0 spiro atoms. The van der Waals surface area contributed by atoms with Crippen molar-refractivity contribution in [1.29, 1.82) is 0 Å². The van der Waals surface area contributed by atoms with Gasteiger partial charge in [-0.05, 0) is 75.8 Å². The number of hydrogen-bond acceptors (Lipinski definition) is 6. The Morgan fingerprint density at radius 2 is 1.79 bits per heavy atom. The number of alkyl halides is 2. The van der Waals surface area contributed by atoms with Crippen molar-refractivity contribution in [3.63, 3.8) is 0 Å². The van der Waals surface area contributed by atoms with Gasteiger partial charge < -0.3 is 20.1 Å². The topological polar surface area (TPSA) is 92.0 Å². The van der Waals surface area contributed by atoms with Crippen LogP contribution in [-0.4, -0.2) is 75.4 Å². The van der Waals surface area contributed by atoms with Crippen molar-refractivity contribution < 1.29 is 23.4 Å². The van der Waals surface area contributed by atoms with Crippen LogP contribution in [0, 0.1) is 5.92 Å². The molecule has 3 aliphatic rings. The highest BCUT2D eigenvalue weighted by Crippen LogP contribution is 2.42. The quantitative estimate of drug-likeness (QED) is 0.535. The zero-order valence-corrected chi connectivity index (χ0v) is 22.5. The average molecular weight is 534 g/mol. The van der Waals surface area contributed by atoms with Gasteiger partial charge >= 0.3 is 0 Å². The highest BCUT2D eigenvalue weighted by molar-refractivity contribution is 5.79. The Bertz CT molecular complexity index is 1100. The lowest BCUT2D eigenvalue weighted by atomic mass is 9.78. The molecule has 1 aliphatic heterocycles. The number of aliphatic hydroxyl groups is 1. The third-order valence-electron chi connectivity index (χ3n) is 8.81. The lowest BCUT2D eigenvalue weighted by molar-refractivity contribution is -0.142. The summed E-state index contributed by atoms with van der Waals surface area (Å²) in [6.45, 7) is 2.89. The first-order valence-corrected chi connectivity index (χ1v) is 14.2. The van der Waals surface area contributed by atoms with Crippen molar-refractivity contribution in [3.8, 4) is 0 Å². The average Bonchev–Trinajstić information content (AvgIpc) is 3.28. The maximum absolute atomic E-state index is 13.6. The van der Waals surface area contributed by atoms with Crippen molar-refractivity contribution in [3.05, 3.63) is 23.5 Å². The summed E-state index contributed by atoms with van der Waals surface area (Å²) >= 11 is 0. The van der Waals surface area contributed by atoms with Crippen molar-refractivity contribution in [2.45, 2.75) is 101 Å². The van der Waals surface area contributed by atoms with E-state index in [1.54, 1.807) is 12.0 Å². The van der Waals surface area contributed by atoms with Gasteiger partial charge in [0, 0.05) is 56.6 Å². The molecular formula is C28H41F2N5O3. The number of ether oxygens (including phenoxy) is 1. The third kappa shape index (κ3) is 5.96. The minimum Gasteiger partial charge on any atom is -0.393 e. The van der Waals surface area contributed by atoms with E-state index in [0.29, 0.717) is 24.4 Å². The summed E-state index contributed by atoms with van der Waals surface area (Å²) in [5.74, 6) is -1.49. The summed E-state index contributed by atoms with van der Waals surface area (Å²) in [5.41, 5.74) is 3.40. The van der Waals surface area contributed by atoms with Crippen molar-refractivity contribution in [2.24, 2.45) is 5.92 Å². The summed E-state index contributed by atoms with van der Waals surface area (Å²) in [6.07, 6.45) is 7.97. The van der Waals surface area contributed by atoms with E-state index in [9.17, 15) is 18.7 Å². The van der Waals surface area contributed by atoms with Gasteiger partial charge in [0.1, 0.15) is 0 Å². The standard InChI is InChI=1S/C28H41F2N5O3/c1-18(17-38-2)32-27-31-16-25-23(15-24(35(25)33-27)20-7-9-22(36)10-8-20)19-3-5-21(6-4-19)26(37)34-13-11-28(29,30)12-14-34/h15-16,18-22,36H,3-14,17H2,1-2H3,(H,32,33)/t18-,19?,20?,21?,22?/m0/s1. The number of aliphatic hydroxyl groups excluding tert-OH is 1. The molecule has 210 valence electrons. The number of rotatable bonds is 7. The fraction of sp³-hybridized carbons (Fsp3) is 0.750. The first kappa shape index (κ1) is 27.2. The highest BCUT2D eigenvalue weighted by atomic mass is 19.3. The van der Waals surface area contributed by atoms with Crippen LogP contribution in [0.4, 0.5) is 14.7 Å². The summed E-state index contributed by atoms with van der Waals surface area (Å²) in [5, 5.41) is 18.3. The number of amides is 1. The van der Waals surface area contributed by atoms with E-state index in [0.717, 1.165) is 56.9 Å². The zero-order valence-electron chi connectivity index (χ0n) is 22.5. The number of halogens is 2. The number of likely N-dealkylation sites (tertiary alicyclic amines) is 1. The Morgan fingerprint density at radius 3 is 2.45 bits per heavy atom. The number of piperidine rings is 1. The van der Waals surface area contributed by atoms with Crippen LogP contribution in [0.15, 0.2) is 12.3 Å². The van der Waals surface area contributed by atoms with Crippen molar-refractivity contribution in [2.75, 3.05) is 32.1 Å². The van der Waals surface area contributed by atoms with Crippen LogP contribution in [0.25, 0.3) is 5.52 Å². The number of nitrogens with one attached hydrogen (secondary N) is 1. The lowest BCUT2D eigenvalue weighted by Crippen LogP contribution is -2.45. The Kier molecular flexibility index (Phi) is 8.19. The summed E-state index contributed by atoms with van der Waals surface area (Å²) in [7, 11) is 1.67. The summed E-state index contributed by atoms with van der Waals surface area (Å²) in [4.78, 5) is 19.3. The van der Waals surface area contributed by atoms with Gasteiger partial charge in [0.15, 0.2) is 0 Å². The Morgan fingerprint density at radius 1 is 1.13 bits per heavy atom. The van der Waals surface area contributed by atoms with Gasteiger partial charge in [0.25, 0.3) is 5.92 Å². The minimum atomic E-state index is -2.64. The van der Waals surface area contributed by atoms with Gasteiger partial charge in [-0.3, -0.25) is 4.79 Å². The van der Waals surface area contributed by atoms with Crippen LogP contribution >= 0.6 is 0 Å². The van der Waals surface area contributed by atoms with E-state index < -0.39 is 5.92 Å². The van der Waals surface area contributed by atoms with Crippen molar-refractivity contribution in [1.82, 2.24) is 19.5 Å². The Balaban J connectivity index is 1.33. The van der Waals surface area contributed by atoms with Gasteiger partial charge in [0.2, 0.25) is 11.9 Å². The molecule has 38 heavy (non-hydrogen) atoms. The molecule has 10 heteroatoms. The molecule has 1 saturated heterocycles. The van der Waals surface area contributed by atoms with Gasteiger partial charge in [-0.2, -0.15) is 0 Å². The van der Waals surface area contributed by atoms with Crippen LogP contribution in [0.5, 0.6) is 0 Å². The number of aromatic nitrogens is 3. The van der Waals surface area contributed by atoms with Crippen LogP contribution < -0.4 is 5.32 Å². The number of carbonyl (C=O) groups is 1. The Labute approximate surface area is 223 Å². The fourth-order valence-corrected chi connectivity index (χ4v) is 6.57. The first-order valence-electron chi connectivity index (χ1n) is 14.2. The maximum atomic E-state index is 13.6. The second-order valence-electron chi connectivity index (χ2n) is 11.6. The molecular weight excluding hydrogens is 492 g/mol. The van der Waals surface area contributed by atoms with E-state index in [1.807, 2.05) is 17.6 Å². The molecule has 8 nitrogen and oxygen atoms in total. The summed E-state index contributed by atoms with van der Waals surface area (Å²) in [6, 6.07) is 2.36. The molecule has 5 rings (SSSR count). The molecule has 2 saturated carbocycles. The van der Waals surface area contributed by atoms with Gasteiger partial charge in [-0.1, -0.05) is 0 Å². The van der Waals surface area contributed by atoms with Crippen LogP contribution in [-0.2, 0) is 9.53 Å². The number of carbonyl (C=O) groups excluding carboxylic acids is 1. The number of hydrogen-bond donors (Lipinski definition) is 2. The van der Waals surface area contributed by atoms with Crippen LogP contribution in [0.1, 0.15) is 94.2 Å². The number of methoxy groups -OCH3 is 1. The molecule has 0 aromatic carbocycles. The normalized spacial score (nSPS) is 28.8. The number of nitrogens with zero attached hydrogens (tertiary/aromatic N) is 4. The highest BCUT2D eigenvalue weighted by Gasteiger charge is 2.38. The monoisotopic (exact) mass is 533 g/mol. The molecule has 2 N–H and O–H groups in total. The SMILES string of the molecule is COC[C@H](C)Nc1ncc2c(C3CCC(C(=O)N4CCC(F)(F)CC4)CC3)cc(C3CCC(O)CC3)n2n1. The van der Waals surface area contributed by atoms with E-state index in [1.165, 1.54) is 11.3 Å². The predicted octanol–water partition coefficient (Wildman–Crippen LogP) is 4.73. The zero-order chi connectivity index (χ0) is 26.9. The second kappa shape index (κ2) is 11.4. The largest absolute Gasteiger partial charge is 0.393 e.